The molecule has 1 atom stereocenters. The number of nitrogens with zero attached hydrogens (tertiary/aromatic N) is 2. The van der Waals surface area contributed by atoms with Gasteiger partial charge < -0.3 is 21.5 Å². The number of aromatic hydroxyl groups is 1. The van der Waals surface area contributed by atoms with E-state index in [0.29, 0.717) is 40.5 Å². The van der Waals surface area contributed by atoms with E-state index in [-0.39, 0.29) is 42.0 Å². The number of hydrogen-bond donors (Lipinski definition) is 5. The summed E-state index contributed by atoms with van der Waals surface area (Å²) < 4.78 is 39.0. The van der Waals surface area contributed by atoms with Gasteiger partial charge in [-0.05, 0) is 54.3 Å². The van der Waals surface area contributed by atoms with Crippen molar-refractivity contribution in [3.8, 4) is 5.75 Å². The van der Waals surface area contributed by atoms with E-state index in [4.69, 9.17) is 27.7 Å². The quantitative estimate of drug-likeness (QED) is 0.220. The molecule has 0 saturated heterocycles. The molecular weight excluding hydrogens is 561 g/mol. The van der Waals surface area contributed by atoms with Crippen molar-refractivity contribution in [2.75, 3.05) is 13.1 Å². The molecule has 1 saturated carbocycles. The number of hydrogen-bond acceptors (Lipinski definition) is 6. The van der Waals surface area contributed by atoms with Crippen LogP contribution in [-0.2, 0) is 11.3 Å². The maximum absolute atomic E-state index is 13.0. The standard InChI is InChI=1S/C28H32ClF3N6O3/c1-17(39)37-20-8-11-22(25(14-20)35-15-19-4-2-3-5-23(19)29)24(33)16-36-27(41)38(13-12-28(30,31)32)26(34)18-6-9-21(40)10-7-18/h2-7,9-10,20,34,40H,8,11-16,33H2,1H3,(H,36,41)(H,37,39)/b24-22-,34-26?,35-25?. The van der Waals surface area contributed by atoms with Gasteiger partial charge in [-0.1, -0.05) is 29.8 Å². The number of amides is 3. The number of alkyl halides is 3. The van der Waals surface area contributed by atoms with Gasteiger partial charge in [0.25, 0.3) is 0 Å². The largest absolute Gasteiger partial charge is 0.508 e. The molecule has 1 aliphatic rings. The molecule has 2 aromatic carbocycles. The van der Waals surface area contributed by atoms with E-state index in [2.05, 4.69) is 10.6 Å². The van der Waals surface area contributed by atoms with Gasteiger partial charge in [0.2, 0.25) is 5.91 Å². The monoisotopic (exact) mass is 592 g/mol. The summed E-state index contributed by atoms with van der Waals surface area (Å²) in [5.74, 6) is -0.730. The van der Waals surface area contributed by atoms with Crippen LogP contribution in [0.25, 0.3) is 0 Å². The van der Waals surface area contributed by atoms with Crippen molar-refractivity contribution in [2.45, 2.75) is 51.4 Å². The van der Waals surface area contributed by atoms with Crippen LogP contribution in [0, 0.1) is 5.41 Å². The average Bonchev–Trinajstić information content (AvgIpc) is 2.90. The molecule has 1 fully saturated rings. The first-order valence-corrected chi connectivity index (χ1v) is 13.2. The predicted molar refractivity (Wildman–Crippen MR) is 151 cm³/mol. The molecule has 0 bridgehead atoms. The van der Waals surface area contributed by atoms with Gasteiger partial charge in [0, 0.05) is 47.9 Å². The number of halogens is 4. The Labute approximate surface area is 240 Å². The van der Waals surface area contributed by atoms with Crippen LogP contribution < -0.4 is 16.4 Å². The number of carbonyl (C=O) groups excluding carboxylic acids is 2. The zero-order chi connectivity index (χ0) is 30.2. The van der Waals surface area contributed by atoms with Crippen LogP contribution in [0.5, 0.6) is 5.75 Å². The molecular formula is C28H32ClF3N6O3. The number of aliphatic imine (C=N–C) groups is 1. The van der Waals surface area contributed by atoms with Gasteiger partial charge in [0.05, 0.1) is 19.5 Å². The maximum atomic E-state index is 13.0. The topological polar surface area (TPSA) is 144 Å². The van der Waals surface area contributed by atoms with E-state index in [0.717, 1.165) is 5.56 Å². The zero-order valence-corrected chi connectivity index (χ0v) is 23.1. The number of phenols is 1. The highest BCUT2D eigenvalue weighted by molar-refractivity contribution is 6.31. The van der Waals surface area contributed by atoms with Crippen molar-refractivity contribution in [1.29, 1.82) is 5.41 Å². The van der Waals surface area contributed by atoms with Crippen molar-refractivity contribution in [3.05, 3.63) is 76.0 Å². The number of urea groups is 1. The fraction of sp³-hybridized carbons (Fsp3) is 0.357. The highest BCUT2D eigenvalue weighted by atomic mass is 35.5. The third-order valence-corrected chi connectivity index (χ3v) is 6.80. The van der Waals surface area contributed by atoms with Gasteiger partial charge in [-0.3, -0.25) is 20.1 Å². The second-order valence-electron chi connectivity index (χ2n) is 9.57. The summed E-state index contributed by atoms with van der Waals surface area (Å²) in [5, 5.41) is 23.8. The Morgan fingerprint density at radius 1 is 1.20 bits per heavy atom. The van der Waals surface area contributed by atoms with E-state index in [1.54, 1.807) is 12.1 Å². The van der Waals surface area contributed by atoms with E-state index in [1.165, 1.54) is 31.2 Å². The first kappa shape index (κ1) is 31.5. The van der Waals surface area contributed by atoms with Gasteiger partial charge in [-0.2, -0.15) is 13.2 Å². The highest BCUT2D eigenvalue weighted by Gasteiger charge is 2.31. The number of nitrogens with one attached hydrogen (secondary N) is 3. The van der Waals surface area contributed by atoms with Crippen LogP contribution in [-0.4, -0.2) is 58.8 Å². The minimum absolute atomic E-state index is 0.0903. The smallest absolute Gasteiger partial charge is 0.390 e. The molecule has 1 aliphatic carbocycles. The number of nitrogens with two attached hydrogens (primary N) is 1. The summed E-state index contributed by atoms with van der Waals surface area (Å²) in [6.07, 6.45) is -4.43. The molecule has 41 heavy (non-hydrogen) atoms. The fourth-order valence-electron chi connectivity index (χ4n) is 4.35. The summed E-state index contributed by atoms with van der Waals surface area (Å²) in [6.45, 7) is 0.708. The van der Waals surface area contributed by atoms with Gasteiger partial charge >= 0.3 is 12.2 Å². The number of allylic oxidation sites excluding steroid dienone is 1. The molecule has 1 unspecified atom stereocenters. The lowest BCUT2D eigenvalue weighted by Crippen LogP contribution is -2.46. The van der Waals surface area contributed by atoms with Crippen molar-refractivity contribution >= 4 is 35.1 Å². The van der Waals surface area contributed by atoms with Crippen molar-refractivity contribution in [2.24, 2.45) is 10.7 Å². The molecule has 0 spiro atoms. The van der Waals surface area contributed by atoms with E-state index < -0.39 is 31.0 Å². The van der Waals surface area contributed by atoms with Crippen LogP contribution in [0.4, 0.5) is 18.0 Å². The maximum Gasteiger partial charge on any atom is 0.390 e. The van der Waals surface area contributed by atoms with Gasteiger partial charge in [0.1, 0.15) is 11.6 Å². The van der Waals surface area contributed by atoms with Crippen LogP contribution in [0.3, 0.4) is 0 Å². The van der Waals surface area contributed by atoms with Gasteiger partial charge in [-0.15, -0.1) is 0 Å². The minimum Gasteiger partial charge on any atom is -0.508 e. The van der Waals surface area contributed by atoms with Crippen molar-refractivity contribution in [1.82, 2.24) is 15.5 Å². The van der Waals surface area contributed by atoms with Crippen molar-refractivity contribution in [3.63, 3.8) is 0 Å². The molecule has 13 heteroatoms. The second kappa shape index (κ2) is 14.0. The highest BCUT2D eigenvalue weighted by Crippen LogP contribution is 2.25. The first-order chi connectivity index (χ1) is 19.3. The fourth-order valence-corrected chi connectivity index (χ4v) is 4.54. The molecule has 0 heterocycles. The zero-order valence-electron chi connectivity index (χ0n) is 22.4. The lowest BCUT2D eigenvalue weighted by Gasteiger charge is -2.28. The van der Waals surface area contributed by atoms with E-state index in [9.17, 15) is 27.9 Å². The third-order valence-electron chi connectivity index (χ3n) is 6.43. The molecule has 3 amide bonds. The van der Waals surface area contributed by atoms with Crippen LogP contribution in [0.15, 0.2) is 64.8 Å². The normalized spacial score (nSPS) is 17.6. The van der Waals surface area contributed by atoms with E-state index >= 15 is 0 Å². The SMILES string of the molecule is CC(=O)NC1CC/C(=C(/N)CNC(=O)N(CCC(F)(F)F)C(=N)c2ccc(O)cc2)C(=NCc2ccccc2Cl)C1. The number of carbonyl (C=O) groups is 2. The van der Waals surface area contributed by atoms with Crippen LogP contribution in [0.1, 0.15) is 43.7 Å². The van der Waals surface area contributed by atoms with Crippen LogP contribution >= 0.6 is 11.6 Å². The Balaban J connectivity index is 1.80. The molecule has 220 valence electrons. The summed E-state index contributed by atoms with van der Waals surface area (Å²) in [7, 11) is 0. The number of phenolic OH excluding ortho intramolecular Hbond substituents is 1. The van der Waals surface area contributed by atoms with E-state index in [1.807, 2.05) is 12.1 Å². The van der Waals surface area contributed by atoms with Gasteiger partial charge in [-0.25, -0.2) is 4.79 Å². The van der Waals surface area contributed by atoms with Crippen molar-refractivity contribution < 1.29 is 27.9 Å². The Kier molecular flexibility index (Phi) is 10.8. The predicted octanol–water partition coefficient (Wildman–Crippen LogP) is 4.88. The summed E-state index contributed by atoms with van der Waals surface area (Å²) in [4.78, 5) is 30.0. The van der Waals surface area contributed by atoms with Gasteiger partial charge in [0.15, 0.2) is 0 Å². The summed E-state index contributed by atoms with van der Waals surface area (Å²) in [5.41, 5.74) is 8.89. The number of rotatable bonds is 8. The lowest BCUT2D eigenvalue weighted by atomic mass is 9.87. The Bertz CT molecular complexity index is 1330. The molecule has 6 N–H and O–H groups in total. The summed E-state index contributed by atoms with van der Waals surface area (Å²) >= 11 is 6.27. The molecule has 0 aliphatic heterocycles. The Hall–Kier alpha value is -4.06. The second-order valence-corrected chi connectivity index (χ2v) is 9.98. The molecule has 9 nitrogen and oxygen atoms in total. The summed E-state index contributed by atoms with van der Waals surface area (Å²) in [6, 6.07) is 11.3. The molecule has 3 rings (SSSR count). The average molecular weight is 593 g/mol. The van der Waals surface area contributed by atoms with Crippen LogP contribution in [0.2, 0.25) is 5.02 Å². The Morgan fingerprint density at radius 2 is 1.88 bits per heavy atom. The first-order valence-electron chi connectivity index (χ1n) is 12.9. The molecule has 0 aromatic heterocycles. The third kappa shape index (κ3) is 9.52. The number of benzene rings is 2. The number of amidine groups is 1. The Morgan fingerprint density at radius 3 is 2.51 bits per heavy atom. The molecule has 2 aromatic rings. The lowest BCUT2D eigenvalue weighted by molar-refractivity contribution is -0.135. The molecule has 0 radical (unpaired) electrons. The minimum atomic E-state index is -4.55.